The van der Waals surface area contributed by atoms with Gasteiger partial charge in [0.15, 0.2) is 5.72 Å². The van der Waals surface area contributed by atoms with E-state index in [1.807, 2.05) is 42.5 Å². The monoisotopic (exact) mass is 376 g/mol. The SMILES string of the molecule is OB(O)c1nc(-c2ccc(-c3cccc4ccccc34)cc2)c2ccccc2n1. The van der Waals surface area contributed by atoms with Crippen LogP contribution in [0.1, 0.15) is 0 Å². The molecule has 1 aromatic heterocycles. The van der Waals surface area contributed by atoms with Crippen LogP contribution in [0.5, 0.6) is 0 Å². The Hall–Kier alpha value is -3.54. The Morgan fingerprint density at radius 3 is 2.03 bits per heavy atom. The normalized spacial score (nSPS) is 11.1. The van der Waals surface area contributed by atoms with Crippen molar-refractivity contribution < 1.29 is 10.0 Å². The molecule has 4 nitrogen and oxygen atoms in total. The van der Waals surface area contributed by atoms with E-state index in [2.05, 4.69) is 58.5 Å². The molecule has 0 amide bonds. The van der Waals surface area contributed by atoms with Crippen molar-refractivity contribution in [1.29, 1.82) is 0 Å². The van der Waals surface area contributed by atoms with Gasteiger partial charge in [0.05, 0.1) is 11.2 Å². The van der Waals surface area contributed by atoms with E-state index in [1.54, 1.807) is 0 Å². The second kappa shape index (κ2) is 7.13. The smallest absolute Gasteiger partial charge is 0.421 e. The maximum Gasteiger partial charge on any atom is 0.528 e. The molecule has 5 rings (SSSR count). The largest absolute Gasteiger partial charge is 0.528 e. The van der Waals surface area contributed by atoms with Crippen molar-refractivity contribution in [3.63, 3.8) is 0 Å². The summed E-state index contributed by atoms with van der Waals surface area (Å²) >= 11 is 0. The molecular formula is C24H17BN2O2. The van der Waals surface area contributed by atoms with Crippen molar-refractivity contribution in [3.8, 4) is 22.4 Å². The van der Waals surface area contributed by atoms with Crippen LogP contribution < -0.4 is 5.72 Å². The number of rotatable bonds is 3. The Morgan fingerprint density at radius 2 is 1.24 bits per heavy atom. The third-order valence-corrected chi connectivity index (χ3v) is 5.11. The molecule has 0 unspecified atom stereocenters. The summed E-state index contributed by atoms with van der Waals surface area (Å²) in [6, 6.07) is 30.4. The molecule has 2 N–H and O–H groups in total. The highest BCUT2D eigenvalue weighted by atomic mass is 16.4. The first-order valence-corrected chi connectivity index (χ1v) is 9.42. The van der Waals surface area contributed by atoms with Crippen molar-refractivity contribution in [2.75, 3.05) is 0 Å². The van der Waals surface area contributed by atoms with Crippen molar-refractivity contribution in [3.05, 3.63) is 91.0 Å². The van der Waals surface area contributed by atoms with E-state index in [9.17, 15) is 10.0 Å². The van der Waals surface area contributed by atoms with Crippen LogP contribution in [0, 0.1) is 0 Å². The highest BCUT2D eigenvalue weighted by Crippen LogP contribution is 2.31. The fourth-order valence-corrected chi connectivity index (χ4v) is 3.71. The maximum absolute atomic E-state index is 9.58. The molecule has 138 valence electrons. The Bertz CT molecular complexity index is 1330. The van der Waals surface area contributed by atoms with Crippen molar-refractivity contribution >= 4 is 34.5 Å². The lowest BCUT2D eigenvalue weighted by Crippen LogP contribution is -2.35. The van der Waals surface area contributed by atoms with Crippen LogP contribution in [0.2, 0.25) is 0 Å². The van der Waals surface area contributed by atoms with E-state index >= 15 is 0 Å². The highest BCUT2D eigenvalue weighted by molar-refractivity contribution is 6.56. The Kier molecular flexibility index (Phi) is 4.32. The van der Waals surface area contributed by atoms with Gasteiger partial charge in [0.1, 0.15) is 0 Å². The molecule has 0 bridgehead atoms. The quantitative estimate of drug-likeness (QED) is 0.470. The molecule has 0 fully saturated rings. The maximum atomic E-state index is 9.58. The molecule has 0 saturated heterocycles. The molecule has 5 heteroatoms. The first-order chi connectivity index (χ1) is 14.2. The Labute approximate surface area is 168 Å². The predicted octanol–water partition coefficient (Wildman–Crippen LogP) is 3.80. The Balaban J connectivity index is 1.64. The molecule has 0 aliphatic heterocycles. The average molecular weight is 376 g/mol. The fourth-order valence-electron chi connectivity index (χ4n) is 3.71. The van der Waals surface area contributed by atoms with Crippen LogP contribution in [-0.2, 0) is 0 Å². The first kappa shape index (κ1) is 17.6. The predicted molar refractivity (Wildman–Crippen MR) is 118 cm³/mol. The molecule has 0 atom stereocenters. The second-order valence-corrected chi connectivity index (χ2v) is 6.93. The van der Waals surface area contributed by atoms with E-state index in [1.165, 1.54) is 16.3 Å². The number of nitrogens with zero attached hydrogens (tertiary/aromatic N) is 2. The first-order valence-electron chi connectivity index (χ1n) is 9.42. The van der Waals surface area contributed by atoms with E-state index in [0.29, 0.717) is 11.2 Å². The molecular weight excluding hydrogens is 359 g/mol. The van der Waals surface area contributed by atoms with Gasteiger partial charge < -0.3 is 10.0 Å². The molecule has 5 aromatic rings. The molecule has 29 heavy (non-hydrogen) atoms. The number of benzene rings is 4. The standard InChI is InChI=1S/C24H17BN2O2/c28-25(29)24-26-22-11-4-3-9-21(22)23(27-24)18-14-12-17(13-15-18)20-10-5-7-16-6-1-2-8-19(16)20/h1-15,28-29H. The second-order valence-electron chi connectivity index (χ2n) is 6.93. The lowest BCUT2D eigenvalue weighted by Gasteiger charge is -2.10. The Morgan fingerprint density at radius 1 is 0.586 bits per heavy atom. The number of hydrogen-bond acceptors (Lipinski definition) is 4. The van der Waals surface area contributed by atoms with Crippen molar-refractivity contribution in [2.24, 2.45) is 0 Å². The third kappa shape index (κ3) is 3.16. The zero-order valence-electron chi connectivity index (χ0n) is 15.5. The lowest BCUT2D eigenvalue weighted by atomic mass is 9.89. The minimum absolute atomic E-state index is 0.00294. The van der Waals surface area contributed by atoms with Gasteiger partial charge in [-0.1, -0.05) is 84.9 Å². The summed E-state index contributed by atoms with van der Waals surface area (Å²) in [4.78, 5) is 8.66. The number of para-hydroxylation sites is 1. The van der Waals surface area contributed by atoms with Gasteiger partial charge in [0.2, 0.25) is 0 Å². The molecule has 0 saturated carbocycles. The van der Waals surface area contributed by atoms with Gasteiger partial charge in [-0.15, -0.1) is 0 Å². The zero-order chi connectivity index (χ0) is 19.8. The van der Waals surface area contributed by atoms with Gasteiger partial charge in [-0.25, -0.2) is 9.97 Å². The van der Waals surface area contributed by atoms with Gasteiger partial charge >= 0.3 is 7.12 Å². The van der Waals surface area contributed by atoms with E-state index < -0.39 is 7.12 Å². The topological polar surface area (TPSA) is 66.2 Å². The van der Waals surface area contributed by atoms with E-state index in [0.717, 1.165) is 16.5 Å². The zero-order valence-corrected chi connectivity index (χ0v) is 15.5. The van der Waals surface area contributed by atoms with Gasteiger partial charge in [-0.2, -0.15) is 0 Å². The van der Waals surface area contributed by atoms with Crippen LogP contribution in [0.4, 0.5) is 0 Å². The third-order valence-electron chi connectivity index (χ3n) is 5.11. The molecule has 0 aliphatic carbocycles. The summed E-state index contributed by atoms with van der Waals surface area (Å²) in [5, 5.41) is 22.4. The molecule has 0 aliphatic rings. The van der Waals surface area contributed by atoms with Crippen LogP contribution in [0.25, 0.3) is 44.1 Å². The van der Waals surface area contributed by atoms with Crippen LogP contribution in [0.15, 0.2) is 91.0 Å². The summed E-state index contributed by atoms with van der Waals surface area (Å²) < 4.78 is 0. The van der Waals surface area contributed by atoms with Gasteiger partial charge in [-0.05, 0) is 28.0 Å². The van der Waals surface area contributed by atoms with E-state index in [-0.39, 0.29) is 5.72 Å². The summed E-state index contributed by atoms with van der Waals surface area (Å²) in [7, 11) is -1.71. The van der Waals surface area contributed by atoms with Crippen molar-refractivity contribution in [2.45, 2.75) is 0 Å². The summed E-state index contributed by atoms with van der Waals surface area (Å²) in [6.45, 7) is 0. The molecule has 0 radical (unpaired) electrons. The van der Waals surface area contributed by atoms with Crippen LogP contribution >= 0.6 is 0 Å². The average Bonchev–Trinajstić information content (AvgIpc) is 2.78. The summed E-state index contributed by atoms with van der Waals surface area (Å²) in [6.07, 6.45) is 0. The fraction of sp³-hybridized carbons (Fsp3) is 0. The van der Waals surface area contributed by atoms with E-state index in [4.69, 9.17) is 0 Å². The highest BCUT2D eigenvalue weighted by Gasteiger charge is 2.18. The number of fused-ring (bicyclic) bond motifs is 2. The summed E-state index contributed by atoms with van der Waals surface area (Å²) in [5.74, 6) is 0. The van der Waals surface area contributed by atoms with Crippen LogP contribution in [-0.4, -0.2) is 27.1 Å². The van der Waals surface area contributed by atoms with Gasteiger partial charge in [-0.3, -0.25) is 0 Å². The molecule has 0 spiro atoms. The molecule has 1 heterocycles. The van der Waals surface area contributed by atoms with Crippen LogP contribution in [0.3, 0.4) is 0 Å². The minimum Gasteiger partial charge on any atom is -0.421 e. The van der Waals surface area contributed by atoms with Crippen molar-refractivity contribution in [1.82, 2.24) is 9.97 Å². The van der Waals surface area contributed by atoms with Gasteiger partial charge in [0, 0.05) is 10.9 Å². The number of aromatic nitrogens is 2. The minimum atomic E-state index is -1.71. The van der Waals surface area contributed by atoms with Gasteiger partial charge in [0.25, 0.3) is 0 Å². The lowest BCUT2D eigenvalue weighted by molar-refractivity contribution is 0.422. The molecule has 4 aromatic carbocycles. The summed E-state index contributed by atoms with van der Waals surface area (Å²) in [5.41, 5.74) is 4.55. The number of hydrogen-bond donors (Lipinski definition) is 2.